The molecule has 3 aromatic rings. The summed E-state index contributed by atoms with van der Waals surface area (Å²) in [5, 5.41) is 2.48. The molecular weight excluding hydrogens is 420 g/mol. The van der Waals surface area contributed by atoms with Crippen molar-refractivity contribution in [2.45, 2.75) is 19.3 Å². The molecule has 2 aliphatic rings. The first kappa shape index (κ1) is 20.8. The van der Waals surface area contributed by atoms with Crippen molar-refractivity contribution in [2.24, 2.45) is 0 Å². The number of rotatable bonds is 6. The Kier molecular flexibility index (Phi) is 6.01. The summed E-state index contributed by atoms with van der Waals surface area (Å²) in [5.41, 5.74) is 3.08. The van der Waals surface area contributed by atoms with Crippen LogP contribution in [0.4, 0.5) is 10.8 Å². The second kappa shape index (κ2) is 9.22. The van der Waals surface area contributed by atoms with Gasteiger partial charge < -0.3 is 9.80 Å². The Bertz CT molecular complexity index is 1090. The SMILES string of the molecule is O=C1c2ccc(N(C(=O)c3ccccc3)c3nccs3)cc2CCN1CCN1CCCC1. The number of carbonyl (C=O) groups excluding carboxylic acids is 2. The lowest BCUT2D eigenvalue weighted by Crippen LogP contribution is -2.42. The number of nitrogens with zero attached hydrogens (tertiary/aromatic N) is 4. The van der Waals surface area contributed by atoms with Crippen molar-refractivity contribution >= 4 is 34.0 Å². The first-order valence-corrected chi connectivity index (χ1v) is 12.0. The fraction of sp³-hybridized carbons (Fsp3) is 0.320. The molecule has 7 heteroatoms. The fourth-order valence-corrected chi connectivity index (χ4v) is 5.15. The molecule has 0 radical (unpaired) electrons. The molecule has 0 bridgehead atoms. The Morgan fingerprint density at radius 1 is 1.03 bits per heavy atom. The highest BCUT2D eigenvalue weighted by atomic mass is 32.1. The number of hydrogen-bond acceptors (Lipinski definition) is 5. The minimum absolute atomic E-state index is 0.0900. The summed E-state index contributed by atoms with van der Waals surface area (Å²) in [6.07, 6.45) is 5.01. The number of thiazole rings is 1. The maximum absolute atomic E-state index is 13.4. The van der Waals surface area contributed by atoms with Gasteiger partial charge in [-0.1, -0.05) is 18.2 Å². The topological polar surface area (TPSA) is 56.8 Å². The molecule has 1 saturated heterocycles. The molecule has 0 saturated carbocycles. The Morgan fingerprint density at radius 3 is 2.59 bits per heavy atom. The molecule has 0 atom stereocenters. The van der Waals surface area contributed by atoms with Crippen LogP contribution in [0.15, 0.2) is 60.1 Å². The zero-order valence-corrected chi connectivity index (χ0v) is 18.8. The van der Waals surface area contributed by atoms with E-state index in [1.165, 1.54) is 24.2 Å². The number of benzene rings is 2. The largest absolute Gasteiger partial charge is 0.337 e. The minimum atomic E-state index is -0.130. The second-order valence-electron chi connectivity index (χ2n) is 8.25. The lowest BCUT2D eigenvalue weighted by atomic mass is 9.97. The first-order valence-electron chi connectivity index (χ1n) is 11.1. The van der Waals surface area contributed by atoms with E-state index in [2.05, 4.69) is 9.88 Å². The quantitative estimate of drug-likeness (QED) is 0.569. The average molecular weight is 447 g/mol. The van der Waals surface area contributed by atoms with E-state index in [0.717, 1.165) is 49.4 Å². The molecule has 0 unspecified atom stereocenters. The summed E-state index contributed by atoms with van der Waals surface area (Å²) in [5.74, 6) is -0.0398. The number of amides is 2. The molecule has 1 fully saturated rings. The van der Waals surface area contributed by atoms with Crippen molar-refractivity contribution in [3.63, 3.8) is 0 Å². The number of aromatic nitrogens is 1. The van der Waals surface area contributed by atoms with E-state index >= 15 is 0 Å². The lowest BCUT2D eigenvalue weighted by Gasteiger charge is -2.31. The van der Waals surface area contributed by atoms with Crippen LogP contribution in [0, 0.1) is 0 Å². The van der Waals surface area contributed by atoms with Gasteiger partial charge in [0.05, 0.1) is 5.69 Å². The van der Waals surface area contributed by atoms with Crippen LogP contribution in [0.25, 0.3) is 0 Å². The Labute approximate surface area is 192 Å². The van der Waals surface area contributed by atoms with E-state index in [-0.39, 0.29) is 11.8 Å². The van der Waals surface area contributed by atoms with Crippen molar-refractivity contribution in [3.05, 3.63) is 76.8 Å². The van der Waals surface area contributed by atoms with Crippen molar-refractivity contribution in [3.8, 4) is 0 Å². The van der Waals surface area contributed by atoms with Gasteiger partial charge in [-0.05, 0) is 68.2 Å². The fourth-order valence-electron chi connectivity index (χ4n) is 4.49. The van der Waals surface area contributed by atoms with Crippen LogP contribution in [-0.4, -0.2) is 59.3 Å². The van der Waals surface area contributed by atoms with Crippen molar-refractivity contribution in [2.75, 3.05) is 37.6 Å². The summed E-state index contributed by atoms with van der Waals surface area (Å²) < 4.78 is 0. The summed E-state index contributed by atoms with van der Waals surface area (Å²) in [6, 6.07) is 14.9. The predicted molar refractivity (Wildman–Crippen MR) is 127 cm³/mol. The average Bonchev–Trinajstić information content (AvgIpc) is 3.54. The molecule has 2 aromatic carbocycles. The third-order valence-electron chi connectivity index (χ3n) is 6.23. The smallest absolute Gasteiger partial charge is 0.264 e. The molecule has 164 valence electrons. The Hall–Kier alpha value is -3.03. The third kappa shape index (κ3) is 4.18. The number of carbonyl (C=O) groups is 2. The molecule has 0 N–H and O–H groups in total. The zero-order valence-electron chi connectivity index (χ0n) is 17.9. The molecule has 0 aliphatic carbocycles. The van der Waals surface area contributed by atoms with Crippen molar-refractivity contribution in [1.29, 1.82) is 0 Å². The Morgan fingerprint density at radius 2 is 1.84 bits per heavy atom. The normalized spacial score (nSPS) is 16.2. The van der Waals surface area contributed by atoms with Gasteiger partial charge in [-0.25, -0.2) is 4.98 Å². The highest BCUT2D eigenvalue weighted by Crippen LogP contribution is 2.32. The molecule has 2 aliphatic heterocycles. The van der Waals surface area contributed by atoms with Crippen molar-refractivity contribution < 1.29 is 9.59 Å². The molecule has 32 heavy (non-hydrogen) atoms. The van der Waals surface area contributed by atoms with Gasteiger partial charge in [0.1, 0.15) is 0 Å². The molecule has 6 nitrogen and oxygen atoms in total. The first-order chi connectivity index (χ1) is 15.7. The molecule has 1 aromatic heterocycles. The van der Waals surface area contributed by atoms with Crippen LogP contribution >= 0.6 is 11.3 Å². The zero-order chi connectivity index (χ0) is 21.9. The van der Waals surface area contributed by atoms with Crippen LogP contribution in [0.1, 0.15) is 39.1 Å². The van der Waals surface area contributed by atoms with Crippen LogP contribution in [-0.2, 0) is 6.42 Å². The predicted octanol–water partition coefficient (Wildman–Crippen LogP) is 4.22. The van der Waals surface area contributed by atoms with Gasteiger partial charge in [-0.15, -0.1) is 11.3 Å². The summed E-state index contributed by atoms with van der Waals surface area (Å²) in [6.45, 7) is 4.72. The van der Waals surface area contributed by atoms with E-state index in [1.54, 1.807) is 11.1 Å². The summed E-state index contributed by atoms with van der Waals surface area (Å²) in [7, 11) is 0. The maximum Gasteiger partial charge on any atom is 0.264 e. The van der Waals surface area contributed by atoms with Crippen LogP contribution in [0.5, 0.6) is 0 Å². The Balaban J connectivity index is 1.39. The summed E-state index contributed by atoms with van der Waals surface area (Å²) in [4.78, 5) is 36.9. The minimum Gasteiger partial charge on any atom is -0.337 e. The van der Waals surface area contributed by atoms with Gasteiger partial charge in [0.15, 0.2) is 5.13 Å². The number of likely N-dealkylation sites (tertiary alicyclic amines) is 1. The highest BCUT2D eigenvalue weighted by molar-refractivity contribution is 7.13. The van der Waals surface area contributed by atoms with E-state index in [9.17, 15) is 9.59 Å². The monoisotopic (exact) mass is 446 g/mol. The highest BCUT2D eigenvalue weighted by Gasteiger charge is 2.28. The maximum atomic E-state index is 13.4. The molecule has 2 amide bonds. The molecule has 5 rings (SSSR count). The van der Waals surface area contributed by atoms with Gasteiger partial charge >= 0.3 is 0 Å². The van der Waals surface area contributed by atoms with E-state index < -0.39 is 0 Å². The second-order valence-corrected chi connectivity index (χ2v) is 9.13. The van der Waals surface area contributed by atoms with Gasteiger partial charge in [0.2, 0.25) is 0 Å². The summed E-state index contributed by atoms with van der Waals surface area (Å²) >= 11 is 1.42. The standard InChI is InChI=1S/C25H26N4O2S/c30-23(19-6-2-1-3-7-19)29(25-26-11-17-32-25)21-8-9-22-20(18-21)10-14-28(24(22)31)16-15-27-12-4-5-13-27/h1-3,6-9,11,17-18H,4-5,10,12-16H2. The van der Waals surface area contributed by atoms with Crippen LogP contribution in [0.2, 0.25) is 0 Å². The van der Waals surface area contributed by atoms with Gasteiger partial charge in [-0.2, -0.15) is 0 Å². The molecular formula is C25H26N4O2S. The molecule has 0 spiro atoms. The van der Waals surface area contributed by atoms with E-state index in [4.69, 9.17) is 0 Å². The third-order valence-corrected chi connectivity index (χ3v) is 6.99. The van der Waals surface area contributed by atoms with E-state index in [1.807, 2.05) is 58.8 Å². The van der Waals surface area contributed by atoms with Crippen LogP contribution in [0.3, 0.4) is 0 Å². The van der Waals surface area contributed by atoms with Crippen molar-refractivity contribution in [1.82, 2.24) is 14.8 Å². The number of anilines is 2. The number of hydrogen-bond donors (Lipinski definition) is 0. The van der Waals surface area contributed by atoms with Gasteiger partial charge in [0.25, 0.3) is 11.8 Å². The van der Waals surface area contributed by atoms with E-state index in [0.29, 0.717) is 17.2 Å². The van der Waals surface area contributed by atoms with Gasteiger partial charge in [-0.3, -0.25) is 14.5 Å². The van der Waals surface area contributed by atoms with Crippen LogP contribution < -0.4 is 4.90 Å². The lowest BCUT2D eigenvalue weighted by molar-refractivity contribution is 0.0724. The van der Waals surface area contributed by atoms with Gasteiger partial charge in [0, 0.05) is 42.3 Å². The molecule has 3 heterocycles. The number of fused-ring (bicyclic) bond motifs is 1.